The van der Waals surface area contributed by atoms with E-state index >= 15 is 0 Å². The second-order valence-corrected chi connectivity index (χ2v) is 4.24. The molecule has 6 heteroatoms. The molecule has 1 N–H and O–H groups in total. The van der Waals surface area contributed by atoms with Gasteiger partial charge in [0.05, 0.1) is 12.0 Å². The van der Waals surface area contributed by atoms with Crippen LogP contribution in [0.1, 0.15) is 23.7 Å². The van der Waals surface area contributed by atoms with Crippen molar-refractivity contribution in [1.29, 1.82) is 0 Å². The first-order valence-corrected chi connectivity index (χ1v) is 5.96. The first kappa shape index (κ1) is 13.6. The van der Waals surface area contributed by atoms with E-state index in [1.807, 2.05) is 6.92 Å². The van der Waals surface area contributed by atoms with Crippen LogP contribution in [0.25, 0.3) is 0 Å². The highest BCUT2D eigenvalue weighted by molar-refractivity contribution is 9.10. The van der Waals surface area contributed by atoms with E-state index in [1.54, 1.807) is 6.07 Å². The molecule has 0 bridgehead atoms. The number of carboxylic acids is 1. The highest BCUT2D eigenvalue weighted by atomic mass is 79.9. The number of pyridine rings is 1. The molecule has 1 aromatic heterocycles. The molecule has 0 aliphatic carbocycles. The van der Waals surface area contributed by atoms with Gasteiger partial charge in [0.25, 0.3) is 5.91 Å². The molecule has 0 aliphatic rings. The van der Waals surface area contributed by atoms with Crippen molar-refractivity contribution >= 4 is 27.8 Å². The Balaban J connectivity index is 2.79. The van der Waals surface area contributed by atoms with Crippen molar-refractivity contribution in [2.75, 3.05) is 13.1 Å². The standard InChI is InChI=1S/C11H13BrN2O3/c1-2-14(6-4-10(15)16)11(17)8-3-5-13-7-9(8)12/h3,5,7H,2,4,6H2,1H3,(H,15,16). The van der Waals surface area contributed by atoms with Gasteiger partial charge >= 0.3 is 5.97 Å². The number of hydrogen-bond donors (Lipinski definition) is 1. The van der Waals surface area contributed by atoms with Crippen molar-refractivity contribution in [2.24, 2.45) is 0 Å². The van der Waals surface area contributed by atoms with Crippen molar-refractivity contribution < 1.29 is 14.7 Å². The van der Waals surface area contributed by atoms with Gasteiger partial charge in [0.2, 0.25) is 0 Å². The average molecular weight is 301 g/mol. The van der Waals surface area contributed by atoms with E-state index in [-0.39, 0.29) is 18.9 Å². The van der Waals surface area contributed by atoms with E-state index in [4.69, 9.17) is 5.11 Å². The Labute approximate surface area is 108 Å². The summed E-state index contributed by atoms with van der Waals surface area (Å²) in [6.45, 7) is 2.50. The quantitative estimate of drug-likeness (QED) is 0.900. The third-order valence-electron chi connectivity index (χ3n) is 2.27. The third kappa shape index (κ3) is 3.81. The zero-order valence-electron chi connectivity index (χ0n) is 9.39. The fourth-order valence-corrected chi connectivity index (χ4v) is 1.77. The maximum Gasteiger partial charge on any atom is 0.305 e. The van der Waals surface area contributed by atoms with Crippen LogP contribution in [-0.2, 0) is 4.79 Å². The van der Waals surface area contributed by atoms with E-state index in [9.17, 15) is 9.59 Å². The smallest absolute Gasteiger partial charge is 0.305 e. The average Bonchev–Trinajstić information content (AvgIpc) is 2.29. The maximum absolute atomic E-state index is 12.1. The van der Waals surface area contributed by atoms with Crippen LogP contribution < -0.4 is 0 Å². The summed E-state index contributed by atoms with van der Waals surface area (Å²) in [4.78, 5) is 27.9. The van der Waals surface area contributed by atoms with Crippen molar-refractivity contribution in [3.05, 3.63) is 28.5 Å². The molecule has 0 saturated heterocycles. The van der Waals surface area contributed by atoms with Gasteiger partial charge in [-0.1, -0.05) is 0 Å². The Morgan fingerprint density at radius 3 is 2.76 bits per heavy atom. The van der Waals surface area contributed by atoms with Crippen LogP contribution in [0.3, 0.4) is 0 Å². The maximum atomic E-state index is 12.1. The minimum atomic E-state index is -0.912. The van der Waals surface area contributed by atoms with Crippen LogP contribution in [0.4, 0.5) is 0 Å². The SMILES string of the molecule is CCN(CCC(=O)O)C(=O)c1ccncc1Br. The highest BCUT2D eigenvalue weighted by Gasteiger charge is 2.17. The number of rotatable bonds is 5. The summed E-state index contributed by atoms with van der Waals surface area (Å²) >= 11 is 3.25. The van der Waals surface area contributed by atoms with Gasteiger partial charge in [-0.25, -0.2) is 0 Å². The lowest BCUT2D eigenvalue weighted by atomic mass is 10.2. The third-order valence-corrected chi connectivity index (χ3v) is 2.90. The lowest BCUT2D eigenvalue weighted by molar-refractivity contribution is -0.137. The molecule has 1 aromatic rings. The van der Waals surface area contributed by atoms with Crippen molar-refractivity contribution in [1.82, 2.24) is 9.88 Å². The molecular formula is C11H13BrN2O3. The van der Waals surface area contributed by atoms with E-state index < -0.39 is 5.97 Å². The molecule has 0 aliphatic heterocycles. The number of hydrogen-bond acceptors (Lipinski definition) is 3. The normalized spacial score (nSPS) is 10.0. The van der Waals surface area contributed by atoms with E-state index in [2.05, 4.69) is 20.9 Å². The zero-order valence-corrected chi connectivity index (χ0v) is 11.0. The summed E-state index contributed by atoms with van der Waals surface area (Å²) in [5.74, 6) is -1.10. The van der Waals surface area contributed by atoms with Crippen molar-refractivity contribution in [3.63, 3.8) is 0 Å². The zero-order chi connectivity index (χ0) is 12.8. The molecule has 1 rings (SSSR count). The van der Waals surface area contributed by atoms with Crippen LogP contribution in [0.15, 0.2) is 22.9 Å². The number of aromatic nitrogens is 1. The Bertz CT molecular complexity index is 423. The molecule has 0 unspecified atom stereocenters. The van der Waals surface area contributed by atoms with Crippen molar-refractivity contribution in [2.45, 2.75) is 13.3 Å². The van der Waals surface area contributed by atoms with Gasteiger partial charge in [0.15, 0.2) is 0 Å². The minimum absolute atomic E-state index is 0.0533. The fraction of sp³-hybridized carbons (Fsp3) is 0.364. The number of aliphatic carboxylic acids is 1. The Hall–Kier alpha value is -1.43. The molecule has 1 heterocycles. The van der Waals surface area contributed by atoms with Gasteiger partial charge in [-0.15, -0.1) is 0 Å². The molecule has 5 nitrogen and oxygen atoms in total. The van der Waals surface area contributed by atoms with Gasteiger partial charge < -0.3 is 10.0 Å². The lowest BCUT2D eigenvalue weighted by Crippen LogP contribution is -2.33. The van der Waals surface area contributed by atoms with E-state index in [0.29, 0.717) is 16.6 Å². The Morgan fingerprint density at radius 1 is 1.53 bits per heavy atom. The van der Waals surface area contributed by atoms with Crippen LogP contribution in [-0.4, -0.2) is 40.0 Å². The number of amides is 1. The van der Waals surface area contributed by atoms with E-state index in [0.717, 1.165) is 0 Å². The van der Waals surface area contributed by atoms with Gasteiger partial charge in [0, 0.05) is 30.0 Å². The molecule has 0 aromatic carbocycles. The molecular weight excluding hydrogens is 288 g/mol. The minimum Gasteiger partial charge on any atom is -0.481 e. The predicted octanol–water partition coefficient (Wildman–Crippen LogP) is 1.78. The van der Waals surface area contributed by atoms with Crippen LogP contribution >= 0.6 is 15.9 Å². The fourth-order valence-electron chi connectivity index (χ4n) is 1.35. The molecule has 92 valence electrons. The molecule has 0 fully saturated rings. The summed E-state index contributed by atoms with van der Waals surface area (Å²) in [5.41, 5.74) is 0.493. The van der Waals surface area contributed by atoms with Crippen LogP contribution in [0.5, 0.6) is 0 Å². The summed E-state index contributed by atoms with van der Waals surface area (Å²) in [5, 5.41) is 8.61. The van der Waals surface area contributed by atoms with Gasteiger partial charge in [-0.2, -0.15) is 0 Å². The highest BCUT2D eigenvalue weighted by Crippen LogP contribution is 2.16. The van der Waals surface area contributed by atoms with Gasteiger partial charge in [0.1, 0.15) is 0 Å². The lowest BCUT2D eigenvalue weighted by Gasteiger charge is -2.20. The molecule has 17 heavy (non-hydrogen) atoms. The number of carboxylic acid groups (broad SMARTS) is 1. The summed E-state index contributed by atoms with van der Waals surface area (Å²) in [6.07, 6.45) is 3.02. The number of halogens is 1. The molecule has 0 radical (unpaired) electrons. The number of carbonyl (C=O) groups excluding carboxylic acids is 1. The summed E-state index contributed by atoms with van der Waals surface area (Å²) < 4.78 is 0.610. The number of carbonyl (C=O) groups is 2. The van der Waals surface area contributed by atoms with Crippen LogP contribution in [0.2, 0.25) is 0 Å². The van der Waals surface area contributed by atoms with Gasteiger partial charge in [-0.3, -0.25) is 14.6 Å². The predicted molar refractivity (Wildman–Crippen MR) is 65.8 cm³/mol. The molecule has 0 atom stereocenters. The van der Waals surface area contributed by atoms with Crippen LogP contribution in [0, 0.1) is 0 Å². The van der Waals surface area contributed by atoms with Gasteiger partial charge in [-0.05, 0) is 28.9 Å². The Morgan fingerprint density at radius 2 is 2.24 bits per heavy atom. The monoisotopic (exact) mass is 300 g/mol. The topological polar surface area (TPSA) is 70.5 Å². The molecule has 0 spiro atoms. The molecule has 0 saturated carbocycles. The first-order valence-electron chi connectivity index (χ1n) is 5.16. The van der Waals surface area contributed by atoms with Crippen molar-refractivity contribution in [3.8, 4) is 0 Å². The number of nitrogens with zero attached hydrogens (tertiary/aromatic N) is 2. The second-order valence-electron chi connectivity index (χ2n) is 3.38. The Kier molecular flexibility index (Phi) is 5.09. The summed E-state index contributed by atoms with van der Waals surface area (Å²) in [6, 6.07) is 1.61. The summed E-state index contributed by atoms with van der Waals surface area (Å²) in [7, 11) is 0. The van der Waals surface area contributed by atoms with E-state index in [1.165, 1.54) is 17.3 Å². The molecule has 1 amide bonds. The second kappa shape index (κ2) is 6.34. The largest absolute Gasteiger partial charge is 0.481 e. The first-order chi connectivity index (χ1) is 8.06.